The highest BCUT2D eigenvalue weighted by Gasteiger charge is 2.36. The van der Waals surface area contributed by atoms with Crippen molar-refractivity contribution in [1.29, 1.82) is 0 Å². The summed E-state index contributed by atoms with van der Waals surface area (Å²) in [5.74, 6) is 0. The number of ether oxygens (including phenoxy) is 1. The molecule has 17 heavy (non-hydrogen) atoms. The summed E-state index contributed by atoms with van der Waals surface area (Å²) in [6.07, 6.45) is -4.35. The summed E-state index contributed by atoms with van der Waals surface area (Å²) in [4.78, 5) is 0. The van der Waals surface area contributed by atoms with Gasteiger partial charge in [-0.15, -0.1) is 0 Å². The average Bonchev–Trinajstić information content (AvgIpc) is 2.15. The van der Waals surface area contributed by atoms with Crippen LogP contribution >= 0.6 is 0 Å². The lowest BCUT2D eigenvalue weighted by molar-refractivity contribution is -0.138. The van der Waals surface area contributed by atoms with Crippen LogP contribution in [-0.2, 0) is 16.3 Å². The lowest BCUT2D eigenvalue weighted by Gasteiger charge is -2.24. The number of hydrogen-bond donors (Lipinski definition) is 0. The van der Waals surface area contributed by atoms with Gasteiger partial charge in [-0.05, 0) is 22.6 Å². The van der Waals surface area contributed by atoms with E-state index >= 15 is 0 Å². The molecule has 0 fully saturated rings. The molecule has 1 aromatic carbocycles. The first kappa shape index (κ1) is 14.0. The first-order valence-corrected chi connectivity index (χ1v) is 5.24. The van der Waals surface area contributed by atoms with Gasteiger partial charge >= 0.3 is 6.18 Å². The Labute approximate surface area is 99.6 Å². The molecule has 4 heteroatoms. The fraction of sp³-hybridized carbons (Fsp3) is 0.462. The molecule has 0 aromatic heterocycles. The third-order valence-corrected chi connectivity index (χ3v) is 2.41. The smallest absolute Gasteiger partial charge is 0.374 e. The number of hydrogen-bond acceptors (Lipinski definition) is 1. The van der Waals surface area contributed by atoms with Crippen LogP contribution in [0.4, 0.5) is 13.2 Å². The van der Waals surface area contributed by atoms with Crippen LogP contribution in [0.5, 0.6) is 0 Å². The third-order valence-electron chi connectivity index (χ3n) is 2.41. The molecule has 1 aromatic rings. The molecule has 0 N–H and O–H groups in total. The van der Waals surface area contributed by atoms with Crippen LogP contribution < -0.4 is 0 Å². The van der Waals surface area contributed by atoms with Crippen molar-refractivity contribution < 1.29 is 17.9 Å². The highest BCUT2D eigenvalue weighted by Crippen LogP contribution is 2.38. The van der Waals surface area contributed by atoms with E-state index in [1.54, 1.807) is 26.8 Å². The Hall–Kier alpha value is -1.03. The van der Waals surface area contributed by atoms with Crippen LogP contribution in [0, 0.1) is 6.61 Å². The molecule has 0 saturated carbocycles. The lowest BCUT2D eigenvalue weighted by atomic mass is 9.83. The molecule has 1 nitrogen and oxygen atoms in total. The molecule has 0 atom stereocenters. The van der Waals surface area contributed by atoms with Gasteiger partial charge in [0.15, 0.2) is 0 Å². The first-order valence-electron chi connectivity index (χ1n) is 5.24. The van der Waals surface area contributed by atoms with E-state index in [1.165, 1.54) is 19.8 Å². The van der Waals surface area contributed by atoms with E-state index < -0.39 is 17.2 Å². The van der Waals surface area contributed by atoms with Crippen molar-refractivity contribution in [1.82, 2.24) is 0 Å². The summed E-state index contributed by atoms with van der Waals surface area (Å²) in [7, 11) is 1.41. The van der Waals surface area contributed by atoms with Gasteiger partial charge in [-0.3, -0.25) is 0 Å². The maximum absolute atomic E-state index is 12.9. The van der Waals surface area contributed by atoms with Gasteiger partial charge in [0.2, 0.25) is 0 Å². The van der Waals surface area contributed by atoms with Crippen LogP contribution in [0.2, 0.25) is 0 Å². The molecule has 0 unspecified atom stereocenters. The van der Waals surface area contributed by atoms with Crippen molar-refractivity contribution in [3.8, 4) is 0 Å². The van der Waals surface area contributed by atoms with Crippen LogP contribution in [0.25, 0.3) is 0 Å². The van der Waals surface area contributed by atoms with Gasteiger partial charge in [-0.25, -0.2) is 0 Å². The topological polar surface area (TPSA) is 9.23 Å². The average molecular weight is 245 g/mol. The fourth-order valence-electron chi connectivity index (χ4n) is 1.66. The van der Waals surface area contributed by atoms with E-state index in [9.17, 15) is 13.2 Å². The van der Waals surface area contributed by atoms with Crippen molar-refractivity contribution in [3.63, 3.8) is 0 Å². The monoisotopic (exact) mass is 245 g/mol. The van der Waals surface area contributed by atoms with E-state index in [2.05, 4.69) is 0 Å². The van der Waals surface area contributed by atoms with Crippen LogP contribution in [-0.4, -0.2) is 7.11 Å². The standard InChI is InChI=1S/C13H16F3O/c1-12(2,3)10-6-5-9(8-17-4)7-11(10)13(14,15)16/h5-8H,1-4H3. The Balaban J connectivity index is 3.33. The maximum Gasteiger partial charge on any atom is 0.416 e. The molecule has 95 valence electrons. The van der Waals surface area contributed by atoms with E-state index in [4.69, 9.17) is 4.74 Å². The van der Waals surface area contributed by atoms with Gasteiger partial charge in [0.1, 0.15) is 6.61 Å². The zero-order valence-corrected chi connectivity index (χ0v) is 10.4. The van der Waals surface area contributed by atoms with Crippen LogP contribution in [0.1, 0.15) is 37.5 Å². The van der Waals surface area contributed by atoms with Crippen LogP contribution in [0.15, 0.2) is 18.2 Å². The fourth-order valence-corrected chi connectivity index (χ4v) is 1.66. The molecule has 1 radical (unpaired) electrons. The predicted molar refractivity (Wildman–Crippen MR) is 60.6 cm³/mol. The quantitative estimate of drug-likeness (QED) is 0.760. The van der Waals surface area contributed by atoms with E-state index in [-0.39, 0.29) is 0 Å². The number of benzene rings is 1. The lowest BCUT2D eigenvalue weighted by Crippen LogP contribution is -2.19. The molecule has 0 aliphatic carbocycles. The minimum absolute atomic E-state index is 0.290. The molecule has 0 bridgehead atoms. The maximum atomic E-state index is 12.9. The summed E-state index contributed by atoms with van der Waals surface area (Å²) < 4.78 is 43.6. The second-order valence-corrected chi connectivity index (χ2v) is 4.91. The summed E-state index contributed by atoms with van der Waals surface area (Å²) in [6, 6.07) is 4.25. The van der Waals surface area contributed by atoms with Gasteiger partial charge in [0.25, 0.3) is 0 Å². The SMILES string of the molecule is CO[CH]c1ccc(C(C)(C)C)c(C(F)(F)F)c1. The third kappa shape index (κ3) is 3.46. The first-order chi connectivity index (χ1) is 7.66. The zero-order chi connectivity index (χ0) is 13.3. The molecular formula is C13H16F3O. The molecule has 0 amide bonds. The highest BCUT2D eigenvalue weighted by molar-refractivity contribution is 5.40. The highest BCUT2D eigenvalue weighted by atomic mass is 19.4. The van der Waals surface area contributed by atoms with Crippen molar-refractivity contribution in [3.05, 3.63) is 41.5 Å². The number of alkyl halides is 3. The van der Waals surface area contributed by atoms with E-state index in [1.807, 2.05) is 0 Å². The summed E-state index contributed by atoms with van der Waals surface area (Å²) in [5, 5.41) is 0. The summed E-state index contributed by atoms with van der Waals surface area (Å²) in [6.45, 7) is 6.58. The molecular weight excluding hydrogens is 229 g/mol. The van der Waals surface area contributed by atoms with Crippen molar-refractivity contribution in [2.45, 2.75) is 32.4 Å². The summed E-state index contributed by atoms with van der Waals surface area (Å²) in [5.41, 5.74) is -0.446. The minimum atomic E-state index is -4.35. The van der Waals surface area contributed by atoms with Crippen molar-refractivity contribution >= 4 is 0 Å². The Morgan fingerprint density at radius 2 is 1.65 bits per heavy atom. The molecule has 1 rings (SSSR count). The number of halogens is 3. The van der Waals surface area contributed by atoms with Gasteiger partial charge in [0.05, 0.1) is 5.56 Å². The van der Waals surface area contributed by atoms with E-state index in [0.717, 1.165) is 6.07 Å². The Bertz CT molecular complexity index is 389. The van der Waals surface area contributed by atoms with Gasteiger partial charge in [-0.2, -0.15) is 13.2 Å². The van der Waals surface area contributed by atoms with Crippen molar-refractivity contribution in [2.24, 2.45) is 0 Å². The molecule has 0 spiro atoms. The second kappa shape index (κ2) is 4.69. The predicted octanol–water partition coefficient (Wildman–Crippen LogP) is 4.16. The molecule has 0 saturated heterocycles. The minimum Gasteiger partial charge on any atom is -0.374 e. The largest absolute Gasteiger partial charge is 0.416 e. The number of rotatable bonds is 2. The second-order valence-electron chi connectivity index (χ2n) is 4.91. The summed E-state index contributed by atoms with van der Waals surface area (Å²) >= 11 is 0. The Morgan fingerprint density at radius 3 is 2.06 bits per heavy atom. The number of methoxy groups -OCH3 is 1. The zero-order valence-electron chi connectivity index (χ0n) is 10.4. The molecule has 0 aliphatic rings. The van der Waals surface area contributed by atoms with Crippen LogP contribution in [0.3, 0.4) is 0 Å². The Morgan fingerprint density at radius 1 is 1.06 bits per heavy atom. The normalized spacial score (nSPS) is 12.9. The Kier molecular flexibility index (Phi) is 3.87. The van der Waals surface area contributed by atoms with Gasteiger partial charge in [0, 0.05) is 7.11 Å². The molecule has 0 aliphatic heterocycles. The van der Waals surface area contributed by atoms with Gasteiger partial charge < -0.3 is 4.74 Å². The van der Waals surface area contributed by atoms with Crippen molar-refractivity contribution in [2.75, 3.05) is 7.11 Å². The molecule has 0 heterocycles. The van der Waals surface area contributed by atoms with E-state index in [0.29, 0.717) is 11.1 Å². The van der Waals surface area contributed by atoms with Gasteiger partial charge in [-0.1, -0.05) is 32.9 Å².